The second kappa shape index (κ2) is 7.61. The number of carbonyl (C=O) groups excluding carboxylic acids is 1. The second-order valence-corrected chi connectivity index (χ2v) is 7.57. The molecule has 5 nitrogen and oxygen atoms in total. The zero-order valence-corrected chi connectivity index (χ0v) is 15.7. The Morgan fingerprint density at radius 3 is 2.56 bits per heavy atom. The van der Waals surface area contributed by atoms with Crippen LogP contribution in [0.1, 0.15) is 24.0 Å². The number of benzene rings is 2. The van der Waals surface area contributed by atoms with Crippen LogP contribution in [-0.4, -0.2) is 44.2 Å². The van der Waals surface area contributed by atoms with Crippen LogP contribution in [-0.2, 0) is 16.8 Å². The first-order valence-electron chi connectivity index (χ1n) is 9.54. The molecule has 0 bridgehead atoms. The van der Waals surface area contributed by atoms with Gasteiger partial charge in [0, 0.05) is 18.5 Å². The molecule has 0 unspecified atom stereocenters. The third-order valence-electron chi connectivity index (χ3n) is 5.34. The molecule has 142 valence electrons. The summed E-state index contributed by atoms with van der Waals surface area (Å²) in [7, 11) is 1.96. The lowest BCUT2D eigenvalue weighted by atomic mass is 9.96. The topological polar surface area (TPSA) is 50.8 Å². The van der Waals surface area contributed by atoms with Gasteiger partial charge in [0.1, 0.15) is 13.2 Å². The molecule has 27 heavy (non-hydrogen) atoms. The van der Waals surface area contributed by atoms with Crippen LogP contribution in [0.5, 0.6) is 11.5 Å². The van der Waals surface area contributed by atoms with Gasteiger partial charge in [-0.05, 0) is 43.1 Å². The Labute approximate surface area is 160 Å². The minimum absolute atomic E-state index is 0.0669. The molecule has 0 radical (unpaired) electrons. The quantitative estimate of drug-likeness (QED) is 0.819. The van der Waals surface area contributed by atoms with Crippen LogP contribution < -0.4 is 14.8 Å². The number of rotatable bonds is 7. The van der Waals surface area contributed by atoms with Gasteiger partial charge in [-0.3, -0.25) is 9.69 Å². The minimum Gasteiger partial charge on any atom is -0.486 e. The molecule has 1 N–H and O–H groups in total. The maximum absolute atomic E-state index is 12.4. The molecule has 2 aromatic rings. The van der Waals surface area contributed by atoms with Crippen molar-refractivity contribution in [1.82, 2.24) is 10.2 Å². The number of hydrogen-bond acceptors (Lipinski definition) is 4. The number of carbonyl (C=O) groups is 1. The van der Waals surface area contributed by atoms with Gasteiger partial charge in [-0.2, -0.15) is 0 Å². The maximum Gasteiger partial charge on any atom is 0.234 e. The highest BCUT2D eigenvalue weighted by Crippen LogP contribution is 2.47. The van der Waals surface area contributed by atoms with Gasteiger partial charge in [0.2, 0.25) is 5.91 Å². The smallest absolute Gasteiger partial charge is 0.234 e. The normalized spacial score (nSPS) is 16.8. The summed E-state index contributed by atoms with van der Waals surface area (Å²) in [6, 6.07) is 16.4. The molecular weight excluding hydrogens is 340 g/mol. The second-order valence-electron chi connectivity index (χ2n) is 7.57. The number of fused-ring (bicyclic) bond motifs is 1. The lowest BCUT2D eigenvalue weighted by Gasteiger charge is -2.21. The molecule has 1 saturated carbocycles. The number of nitrogens with zero attached hydrogens (tertiary/aromatic N) is 1. The number of nitrogens with one attached hydrogen (secondary N) is 1. The van der Waals surface area contributed by atoms with E-state index in [1.807, 2.05) is 36.2 Å². The van der Waals surface area contributed by atoms with Gasteiger partial charge in [0.25, 0.3) is 0 Å². The number of likely N-dealkylation sites (N-methyl/N-ethyl adjacent to an activating group) is 1. The lowest BCUT2D eigenvalue weighted by Crippen LogP contribution is -2.38. The molecule has 1 aliphatic heterocycles. The van der Waals surface area contributed by atoms with Crippen LogP contribution in [0.2, 0.25) is 0 Å². The van der Waals surface area contributed by atoms with E-state index in [0.29, 0.717) is 32.8 Å². The predicted octanol–water partition coefficient (Wildman–Crippen LogP) is 2.74. The highest BCUT2D eigenvalue weighted by Gasteiger charge is 2.44. The summed E-state index contributed by atoms with van der Waals surface area (Å²) in [5, 5.41) is 3.13. The highest BCUT2D eigenvalue weighted by molar-refractivity contribution is 5.78. The third-order valence-corrected chi connectivity index (χ3v) is 5.34. The number of ether oxygens (including phenoxy) is 2. The van der Waals surface area contributed by atoms with E-state index in [2.05, 4.69) is 29.6 Å². The average Bonchev–Trinajstić information content (AvgIpc) is 3.48. The minimum atomic E-state index is 0.0669. The van der Waals surface area contributed by atoms with E-state index in [0.717, 1.165) is 29.9 Å². The van der Waals surface area contributed by atoms with Crippen molar-refractivity contribution in [2.75, 3.05) is 33.4 Å². The average molecular weight is 366 g/mol. The molecule has 2 aliphatic rings. The predicted molar refractivity (Wildman–Crippen MR) is 104 cm³/mol. The van der Waals surface area contributed by atoms with E-state index in [9.17, 15) is 4.79 Å². The Bertz CT molecular complexity index is 802. The molecule has 5 heteroatoms. The zero-order valence-electron chi connectivity index (χ0n) is 15.7. The van der Waals surface area contributed by atoms with Crippen molar-refractivity contribution in [2.24, 2.45) is 0 Å². The monoisotopic (exact) mass is 366 g/mol. The Balaban J connectivity index is 1.27. The SMILES string of the molecule is CN(CC(=O)NCC1(c2ccccc2)CC1)Cc1ccc2c(c1)OCCO2. The molecule has 1 amide bonds. The molecule has 1 aliphatic carbocycles. The molecule has 0 aromatic heterocycles. The standard InChI is InChI=1S/C22H26N2O3/c1-24(14-17-7-8-19-20(13-17)27-12-11-26-19)15-21(25)23-16-22(9-10-22)18-5-3-2-4-6-18/h2-8,13H,9-12,14-16H2,1H3,(H,23,25). The lowest BCUT2D eigenvalue weighted by molar-refractivity contribution is -0.122. The summed E-state index contributed by atoms with van der Waals surface area (Å²) >= 11 is 0. The fourth-order valence-corrected chi connectivity index (χ4v) is 3.63. The van der Waals surface area contributed by atoms with Crippen LogP contribution in [0.25, 0.3) is 0 Å². The van der Waals surface area contributed by atoms with Gasteiger partial charge < -0.3 is 14.8 Å². The molecular formula is C22H26N2O3. The first-order valence-corrected chi connectivity index (χ1v) is 9.54. The first-order chi connectivity index (χ1) is 13.1. The van der Waals surface area contributed by atoms with Crippen molar-refractivity contribution in [3.05, 3.63) is 59.7 Å². The van der Waals surface area contributed by atoms with Gasteiger partial charge in [0.05, 0.1) is 6.54 Å². The van der Waals surface area contributed by atoms with Crippen LogP contribution in [0.3, 0.4) is 0 Å². The van der Waals surface area contributed by atoms with E-state index in [1.165, 1.54) is 5.56 Å². The molecule has 0 atom stereocenters. The van der Waals surface area contributed by atoms with Gasteiger partial charge in [-0.15, -0.1) is 0 Å². The highest BCUT2D eigenvalue weighted by atomic mass is 16.6. The summed E-state index contributed by atoms with van der Waals surface area (Å²) < 4.78 is 11.2. The van der Waals surface area contributed by atoms with E-state index in [1.54, 1.807) is 0 Å². The first kappa shape index (κ1) is 17.9. The Kier molecular flexibility index (Phi) is 5.03. The van der Waals surface area contributed by atoms with Gasteiger partial charge >= 0.3 is 0 Å². The van der Waals surface area contributed by atoms with Crippen molar-refractivity contribution in [2.45, 2.75) is 24.8 Å². The van der Waals surface area contributed by atoms with Crippen LogP contribution in [0.15, 0.2) is 48.5 Å². The fraction of sp³-hybridized carbons (Fsp3) is 0.409. The summed E-state index contributed by atoms with van der Waals surface area (Å²) in [6.45, 7) is 2.95. The van der Waals surface area contributed by atoms with Crippen LogP contribution in [0, 0.1) is 0 Å². The molecule has 2 aromatic carbocycles. The van der Waals surface area contributed by atoms with Crippen molar-refractivity contribution in [1.29, 1.82) is 0 Å². The van der Waals surface area contributed by atoms with E-state index in [-0.39, 0.29) is 11.3 Å². The van der Waals surface area contributed by atoms with Crippen molar-refractivity contribution >= 4 is 5.91 Å². The summed E-state index contributed by atoms with van der Waals surface area (Å²) in [4.78, 5) is 14.4. The van der Waals surface area contributed by atoms with Crippen molar-refractivity contribution in [3.63, 3.8) is 0 Å². The summed E-state index contributed by atoms with van der Waals surface area (Å²) in [6.07, 6.45) is 2.29. The molecule has 1 heterocycles. The largest absolute Gasteiger partial charge is 0.486 e. The van der Waals surface area contributed by atoms with Crippen molar-refractivity contribution < 1.29 is 14.3 Å². The third kappa shape index (κ3) is 4.25. The van der Waals surface area contributed by atoms with Crippen molar-refractivity contribution in [3.8, 4) is 11.5 Å². The molecule has 0 saturated heterocycles. The number of hydrogen-bond donors (Lipinski definition) is 1. The Morgan fingerprint density at radius 1 is 1.07 bits per heavy atom. The molecule has 0 spiro atoms. The Hall–Kier alpha value is -2.53. The Morgan fingerprint density at radius 2 is 1.81 bits per heavy atom. The maximum atomic E-state index is 12.4. The number of amides is 1. The van der Waals surface area contributed by atoms with Gasteiger partial charge in [0.15, 0.2) is 11.5 Å². The van der Waals surface area contributed by atoms with E-state index >= 15 is 0 Å². The van der Waals surface area contributed by atoms with Crippen LogP contribution in [0.4, 0.5) is 0 Å². The summed E-state index contributed by atoms with van der Waals surface area (Å²) in [5.41, 5.74) is 2.58. The summed E-state index contributed by atoms with van der Waals surface area (Å²) in [5.74, 6) is 1.65. The van der Waals surface area contributed by atoms with E-state index in [4.69, 9.17) is 9.47 Å². The van der Waals surface area contributed by atoms with Gasteiger partial charge in [-0.25, -0.2) is 0 Å². The van der Waals surface area contributed by atoms with Crippen LogP contribution >= 0.6 is 0 Å². The zero-order chi connectivity index (χ0) is 18.7. The molecule has 1 fully saturated rings. The fourth-order valence-electron chi connectivity index (χ4n) is 3.63. The van der Waals surface area contributed by atoms with E-state index < -0.39 is 0 Å². The van der Waals surface area contributed by atoms with Gasteiger partial charge in [-0.1, -0.05) is 36.4 Å². The molecule has 4 rings (SSSR count).